The SMILES string of the molecule is CCn1ccc(NC(=O)C2CC=CCC2C(=O)O)n1. The highest BCUT2D eigenvalue weighted by Crippen LogP contribution is 2.27. The van der Waals surface area contributed by atoms with Crippen LogP contribution in [0.5, 0.6) is 0 Å². The molecule has 1 aromatic rings. The van der Waals surface area contributed by atoms with Gasteiger partial charge in [-0.1, -0.05) is 12.2 Å². The fraction of sp³-hybridized carbons (Fsp3) is 0.462. The smallest absolute Gasteiger partial charge is 0.307 e. The van der Waals surface area contributed by atoms with E-state index in [2.05, 4.69) is 10.4 Å². The van der Waals surface area contributed by atoms with Gasteiger partial charge in [0.1, 0.15) is 0 Å². The maximum atomic E-state index is 12.1. The van der Waals surface area contributed by atoms with Crippen LogP contribution >= 0.6 is 0 Å². The average molecular weight is 263 g/mol. The minimum absolute atomic E-state index is 0.280. The Morgan fingerprint density at radius 3 is 2.68 bits per heavy atom. The summed E-state index contributed by atoms with van der Waals surface area (Å²) in [5.41, 5.74) is 0. The predicted octanol–water partition coefficient (Wildman–Crippen LogP) is 1.51. The van der Waals surface area contributed by atoms with Crippen LogP contribution in [-0.4, -0.2) is 26.8 Å². The number of rotatable bonds is 4. The number of aryl methyl sites for hydroxylation is 1. The van der Waals surface area contributed by atoms with Gasteiger partial charge in [-0.15, -0.1) is 0 Å². The molecule has 19 heavy (non-hydrogen) atoms. The zero-order chi connectivity index (χ0) is 13.8. The minimum atomic E-state index is -0.927. The summed E-state index contributed by atoms with van der Waals surface area (Å²) in [6.45, 7) is 2.67. The number of allylic oxidation sites excluding steroid dienone is 2. The monoisotopic (exact) mass is 263 g/mol. The van der Waals surface area contributed by atoms with E-state index in [1.54, 1.807) is 16.9 Å². The Bertz CT molecular complexity index is 507. The van der Waals surface area contributed by atoms with Crippen molar-refractivity contribution in [3.8, 4) is 0 Å². The molecule has 2 rings (SSSR count). The number of nitrogens with one attached hydrogen (secondary N) is 1. The first-order valence-corrected chi connectivity index (χ1v) is 6.34. The van der Waals surface area contributed by atoms with Crippen LogP contribution in [0.4, 0.5) is 5.82 Å². The standard InChI is InChI=1S/C13H17N3O3/c1-2-16-8-7-11(15-16)14-12(17)9-5-3-4-6-10(9)13(18)19/h3-4,7-10H,2,5-6H2,1H3,(H,18,19)(H,14,15,17). The Kier molecular flexibility index (Phi) is 3.99. The molecule has 0 aromatic carbocycles. The fourth-order valence-electron chi connectivity index (χ4n) is 2.20. The number of nitrogens with zero attached hydrogens (tertiary/aromatic N) is 2. The summed E-state index contributed by atoms with van der Waals surface area (Å²) in [6.07, 6.45) is 6.29. The summed E-state index contributed by atoms with van der Waals surface area (Å²) in [7, 11) is 0. The lowest BCUT2D eigenvalue weighted by molar-refractivity contribution is -0.146. The van der Waals surface area contributed by atoms with E-state index in [-0.39, 0.29) is 5.91 Å². The highest BCUT2D eigenvalue weighted by atomic mass is 16.4. The summed E-state index contributed by atoms with van der Waals surface area (Å²) in [6, 6.07) is 1.70. The summed E-state index contributed by atoms with van der Waals surface area (Å²) in [5.74, 6) is -1.93. The van der Waals surface area contributed by atoms with Crippen LogP contribution in [-0.2, 0) is 16.1 Å². The zero-order valence-corrected chi connectivity index (χ0v) is 10.7. The van der Waals surface area contributed by atoms with Crippen molar-refractivity contribution >= 4 is 17.7 Å². The van der Waals surface area contributed by atoms with Crippen LogP contribution in [0.25, 0.3) is 0 Å². The summed E-state index contributed by atoms with van der Waals surface area (Å²) in [4.78, 5) is 23.3. The van der Waals surface area contributed by atoms with Crippen LogP contribution in [0, 0.1) is 11.8 Å². The second-order valence-electron chi connectivity index (χ2n) is 4.54. The predicted molar refractivity (Wildman–Crippen MR) is 69.5 cm³/mol. The summed E-state index contributed by atoms with van der Waals surface area (Å²) >= 11 is 0. The molecular weight excluding hydrogens is 246 g/mol. The quantitative estimate of drug-likeness (QED) is 0.806. The van der Waals surface area contributed by atoms with Gasteiger partial charge in [-0.3, -0.25) is 14.3 Å². The van der Waals surface area contributed by atoms with Crippen molar-refractivity contribution in [3.05, 3.63) is 24.4 Å². The number of anilines is 1. The largest absolute Gasteiger partial charge is 0.481 e. The Labute approximate surface area is 111 Å². The molecule has 0 radical (unpaired) electrons. The minimum Gasteiger partial charge on any atom is -0.481 e. The molecule has 2 unspecified atom stereocenters. The van der Waals surface area contributed by atoms with Gasteiger partial charge in [0.15, 0.2) is 5.82 Å². The average Bonchev–Trinajstić information content (AvgIpc) is 2.86. The second-order valence-corrected chi connectivity index (χ2v) is 4.54. The summed E-state index contributed by atoms with van der Waals surface area (Å²) in [5, 5.41) is 16.0. The van der Waals surface area contributed by atoms with Crippen molar-refractivity contribution in [1.82, 2.24) is 9.78 Å². The van der Waals surface area contributed by atoms with Crippen molar-refractivity contribution in [2.24, 2.45) is 11.8 Å². The molecule has 1 amide bonds. The first-order chi connectivity index (χ1) is 9.11. The number of carboxylic acids is 1. The third-order valence-corrected chi connectivity index (χ3v) is 3.30. The van der Waals surface area contributed by atoms with Crippen LogP contribution in [0.3, 0.4) is 0 Å². The number of carboxylic acid groups (broad SMARTS) is 1. The van der Waals surface area contributed by atoms with Gasteiger partial charge in [0.05, 0.1) is 11.8 Å². The van der Waals surface area contributed by atoms with Gasteiger partial charge in [-0.2, -0.15) is 5.10 Å². The molecule has 1 aromatic heterocycles. The summed E-state index contributed by atoms with van der Waals surface area (Å²) < 4.78 is 1.70. The number of carbonyl (C=O) groups is 2. The van der Waals surface area contributed by atoms with E-state index in [4.69, 9.17) is 5.11 Å². The molecule has 6 nitrogen and oxygen atoms in total. The molecule has 6 heteroatoms. The third-order valence-electron chi connectivity index (χ3n) is 3.30. The van der Waals surface area contributed by atoms with Crippen LogP contribution < -0.4 is 5.32 Å². The van der Waals surface area contributed by atoms with Crippen molar-refractivity contribution < 1.29 is 14.7 Å². The van der Waals surface area contributed by atoms with Crippen LogP contribution in [0.1, 0.15) is 19.8 Å². The van der Waals surface area contributed by atoms with Gasteiger partial charge < -0.3 is 10.4 Å². The maximum Gasteiger partial charge on any atom is 0.307 e. The number of hydrogen-bond donors (Lipinski definition) is 2. The van der Waals surface area contributed by atoms with Crippen molar-refractivity contribution in [3.63, 3.8) is 0 Å². The Hall–Kier alpha value is -2.11. The highest BCUT2D eigenvalue weighted by Gasteiger charge is 2.34. The molecule has 1 aliphatic carbocycles. The lowest BCUT2D eigenvalue weighted by atomic mass is 9.82. The van der Waals surface area contributed by atoms with E-state index in [1.165, 1.54) is 0 Å². The number of hydrogen-bond acceptors (Lipinski definition) is 3. The molecular formula is C13H17N3O3. The first-order valence-electron chi connectivity index (χ1n) is 6.34. The van der Waals surface area contributed by atoms with Crippen LogP contribution in [0.15, 0.2) is 24.4 Å². The highest BCUT2D eigenvalue weighted by molar-refractivity contribution is 5.94. The van der Waals surface area contributed by atoms with E-state index in [1.807, 2.05) is 19.1 Å². The van der Waals surface area contributed by atoms with E-state index >= 15 is 0 Å². The van der Waals surface area contributed by atoms with Gasteiger partial charge in [0.2, 0.25) is 5.91 Å². The van der Waals surface area contributed by atoms with Gasteiger partial charge in [0.25, 0.3) is 0 Å². The van der Waals surface area contributed by atoms with Gasteiger partial charge in [-0.25, -0.2) is 0 Å². The van der Waals surface area contributed by atoms with Gasteiger partial charge in [0, 0.05) is 18.8 Å². The zero-order valence-electron chi connectivity index (χ0n) is 10.7. The fourth-order valence-corrected chi connectivity index (χ4v) is 2.20. The molecule has 1 heterocycles. The number of aliphatic carboxylic acids is 1. The second kappa shape index (κ2) is 5.69. The van der Waals surface area contributed by atoms with Crippen molar-refractivity contribution in [2.45, 2.75) is 26.3 Å². The normalized spacial score (nSPS) is 22.2. The number of amides is 1. The lowest BCUT2D eigenvalue weighted by Crippen LogP contribution is -2.34. The van der Waals surface area contributed by atoms with Gasteiger partial charge in [-0.05, 0) is 19.8 Å². The Morgan fingerprint density at radius 2 is 2.11 bits per heavy atom. The molecule has 0 saturated carbocycles. The molecule has 0 saturated heterocycles. The first kappa shape index (κ1) is 13.3. The molecule has 0 spiro atoms. The van der Waals surface area contributed by atoms with E-state index < -0.39 is 17.8 Å². The molecule has 102 valence electrons. The van der Waals surface area contributed by atoms with E-state index in [0.717, 1.165) is 6.54 Å². The van der Waals surface area contributed by atoms with Crippen molar-refractivity contribution in [1.29, 1.82) is 0 Å². The topological polar surface area (TPSA) is 84.2 Å². The molecule has 0 fully saturated rings. The molecule has 2 N–H and O–H groups in total. The molecule has 0 aliphatic heterocycles. The number of aromatic nitrogens is 2. The number of carbonyl (C=O) groups excluding carboxylic acids is 1. The van der Waals surface area contributed by atoms with E-state index in [0.29, 0.717) is 18.7 Å². The van der Waals surface area contributed by atoms with Crippen LogP contribution in [0.2, 0.25) is 0 Å². The Morgan fingerprint density at radius 1 is 1.42 bits per heavy atom. The Balaban J connectivity index is 2.05. The van der Waals surface area contributed by atoms with E-state index in [9.17, 15) is 9.59 Å². The lowest BCUT2D eigenvalue weighted by Gasteiger charge is -2.23. The van der Waals surface area contributed by atoms with Crippen molar-refractivity contribution in [2.75, 3.05) is 5.32 Å². The third kappa shape index (κ3) is 3.01. The molecule has 1 aliphatic rings. The molecule has 2 atom stereocenters. The van der Waals surface area contributed by atoms with Gasteiger partial charge >= 0.3 is 5.97 Å². The molecule has 0 bridgehead atoms. The maximum absolute atomic E-state index is 12.1.